The molecule has 1 amide bonds. The van der Waals surface area contributed by atoms with Crippen LogP contribution in [0.4, 0.5) is 0 Å². The SMILES string of the molecule is CC[C@H]1CCCCN1C(=O)c1ccc(-n2nc(-c3nnc(C)o3)c3c2-c2ccccc2OC3)cc1. The number of para-hydroxylation sites is 1. The molecule has 6 rings (SSSR count). The summed E-state index contributed by atoms with van der Waals surface area (Å²) in [7, 11) is 0. The summed E-state index contributed by atoms with van der Waals surface area (Å²) in [5, 5.41) is 13.1. The zero-order chi connectivity index (χ0) is 23.9. The molecule has 0 radical (unpaired) electrons. The Morgan fingerprint density at radius 1 is 1.09 bits per heavy atom. The van der Waals surface area contributed by atoms with Crippen molar-refractivity contribution in [3.05, 3.63) is 65.5 Å². The number of amides is 1. The van der Waals surface area contributed by atoms with E-state index in [4.69, 9.17) is 14.3 Å². The van der Waals surface area contributed by atoms with Crippen molar-refractivity contribution in [2.75, 3.05) is 6.54 Å². The van der Waals surface area contributed by atoms with E-state index < -0.39 is 0 Å². The minimum absolute atomic E-state index is 0.103. The van der Waals surface area contributed by atoms with Crippen LogP contribution < -0.4 is 4.74 Å². The van der Waals surface area contributed by atoms with Crippen molar-refractivity contribution in [1.82, 2.24) is 24.9 Å². The van der Waals surface area contributed by atoms with Crippen LogP contribution in [-0.2, 0) is 6.61 Å². The van der Waals surface area contributed by atoms with Crippen LogP contribution in [0.15, 0.2) is 52.9 Å². The van der Waals surface area contributed by atoms with E-state index >= 15 is 0 Å². The van der Waals surface area contributed by atoms with Crippen molar-refractivity contribution in [1.29, 1.82) is 0 Å². The average Bonchev–Trinajstić information content (AvgIpc) is 3.52. The highest BCUT2D eigenvalue weighted by Gasteiger charge is 2.30. The molecular formula is C27H27N5O3. The Labute approximate surface area is 203 Å². The van der Waals surface area contributed by atoms with Crippen molar-refractivity contribution in [3.63, 3.8) is 0 Å². The van der Waals surface area contributed by atoms with Gasteiger partial charge in [0.05, 0.1) is 11.4 Å². The molecule has 1 atom stereocenters. The fraction of sp³-hybridized carbons (Fsp3) is 0.333. The standard InChI is InChI=1S/C27H27N5O3/c1-3-19-8-6-7-15-31(19)27(33)18-11-13-20(14-12-18)32-25-21-9-4-5-10-23(21)34-16-22(25)24(30-32)26-29-28-17(2)35-26/h4-5,9-14,19H,3,6-8,15-16H2,1-2H3/t19-/m0/s1. The minimum atomic E-state index is 0.103. The lowest BCUT2D eigenvalue weighted by Gasteiger charge is -2.35. The predicted octanol–water partition coefficient (Wildman–Crippen LogP) is 5.19. The van der Waals surface area contributed by atoms with Crippen LogP contribution in [0, 0.1) is 6.92 Å². The zero-order valence-corrected chi connectivity index (χ0v) is 19.9. The van der Waals surface area contributed by atoms with Gasteiger partial charge < -0.3 is 14.1 Å². The molecule has 8 heteroatoms. The Balaban J connectivity index is 1.41. The molecule has 8 nitrogen and oxygen atoms in total. The quantitative estimate of drug-likeness (QED) is 0.409. The third-order valence-electron chi connectivity index (χ3n) is 6.94. The van der Waals surface area contributed by atoms with Gasteiger partial charge in [0.15, 0.2) is 5.69 Å². The maximum absolute atomic E-state index is 13.3. The Bertz CT molecular complexity index is 1390. The number of ether oxygens (including phenoxy) is 1. The number of aromatic nitrogens is 4. The normalized spacial score (nSPS) is 17.0. The number of aryl methyl sites for hydroxylation is 1. The fourth-order valence-corrected chi connectivity index (χ4v) is 5.16. The van der Waals surface area contributed by atoms with Crippen LogP contribution in [-0.4, -0.2) is 43.4 Å². The van der Waals surface area contributed by atoms with Gasteiger partial charge in [0.25, 0.3) is 11.8 Å². The van der Waals surface area contributed by atoms with Crippen molar-refractivity contribution in [2.45, 2.75) is 52.2 Å². The van der Waals surface area contributed by atoms with E-state index in [1.54, 1.807) is 6.92 Å². The molecule has 4 heterocycles. The van der Waals surface area contributed by atoms with E-state index in [9.17, 15) is 4.79 Å². The molecule has 1 fully saturated rings. The van der Waals surface area contributed by atoms with Gasteiger partial charge >= 0.3 is 0 Å². The summed E-state index contributed by atoms with van der Waals surface area (Å²) in [5.41, 5.74) is 4.93. The van der Waals surface area contributed by atoms with Crippen LogP contribution >= 0.6 is 0 Å². The molecule has 0 aliphatic carbocycles. The molecule has 0 unspecified atom stereocenters. The number of carbonyl (C=O) groups excluding carboxylic acids is 1. The zero-order valence-electron chi connectivity index (χ0n) is 19.9. The molecule has 0 spiro atoms. The molecule has 2 aromatic heterocycles. The molecule has 4 aromatic rings. The topological polar surface area (TPSA) is 86.3 Å². The summed E-state index contributed by atoms with van der Waals surface area (Å²) in [6, 6.07) is 15.9. The summed E-state index contributed by atoms with van der Waals surface area (Å²) in [6.45, 7) is 5.10. The van der Waals surface area contributed by atoms with E-state index in [0.29, 0.717) is 35.7 Å². The lowest BCUT2D eigenvalue weighted by Crippen LogP contribution is -2.43. The van der Waals surface area contributed by atoms with Crippen molar-refractivity contribution < 1.29 is 13.9 Å². The van der Waals surface area contributed by atoms with Crippen LogP contribution in [0.3, 0.4) is 0 Å². The number of benzene rings is 2. The number of fused-ring (bicyclic) bond motifs is 3. The van der Waals surface area contributed by atoms with Gasteiger partial charge in [-0.1, -0.05) is 19.1 Å². The van der Waals surface area contributed by atoms with Gasteiger partial charge in [-0.3, -0.25) is 4.79 Å². The van der Waals surface area contributed by atoms with Gasteiger partial charge in [0.2, 0.25) is 5.89 Å². The van der Waals surface area contributed by atoms with E-state index in [-0.39, 0.29) is 5.91 Å². The lowest BCUT2D eigenvalue weighted by molar-refractivity contribution is 0.0608. The molecule has 0 saturated carbocycles. The van der Waals surface area contributed by atoms with Crippen LogP contribution in [0.5, 0.6) is 5.75 Å². The summed E-state index contributed by atoms with van der Waals surface area (Å²) >= 11 is 0. The molecule has 2 aromatic carbocycles. The monoisotopic (exact) mass is 469 g/mol. The number of hydrogen-bond acceptors (Lipinski definition) is 6. The highest BCUT2D eigenvalue weighted by Crippen LogP contribution is 2.42. The van der Waals surface area contributed by atoms with Crippen molar-refractivity contribution in [2.24, 2.45) is 0 Å². The molecular weight excluding hydrogens is 442 g/mol. The Morgan fingerprint density at radius 3 is 2.69 bits per heavy atom. The van der Waals surface area contributed by atoms with Gasteiger partial charge in [0.1, 0.15) is 12.4 Å². The van der Waals surface area contributed by atoms with Crippen molar-refractivity contribution >= 4 is 5.91 Å². The molecule has 0 N–H and O–H groups in total. The Morgan fingerprint density at radius 2 is 1.91 bits per heavy atom. The Hall–Kier alpha value is -3.94. The first kappa shape index (κ1) is 21.6. The number of likely N-dealkylation sites (tertiary alicyclic amines) is 1. The first-order valence-corrected chi connectivity index (χ1v) is 12.2. The maximum atomic E-state index is 13.3. The minimum Gasteiger partial charge on any atom is -0.488 e. The number of carbonyl (C=O) groups is 1. The summed E-state index contributed by atoms with van der Waals surface area (Å²) in [5.74, 6) is 1.75. The van der Waals surface area contributed by atoms with E-state index in [1.807, 2.05) is 58.1 Å². The van der Waals surface area contributed by atoms with Crippen LogP contribution in [0.1, 0.15) is 54.4 Å². The van der Waals surface area contributed by atoms with Crippen molar-refractivity contribution in [3.8, 4) is 34.3 Å². The average molecular weight is 470 g/mol. The Kier molecular flexibility index (Phi) is 5.36. The molecule has 178 valence electrons. The molecule has 2 aliphatic heterocycles. The highest BCUT2D eigenvalue weighted by molar-refractivity contribution is 5.94. The summed E-state index contributed by atoms with van der Waals surface area (Å²) in [6.07, 6.45) is 4.33. The highest BCUT2D eigenvalue weighted by atomic mass is 16.5. The second-order valence-electron chi connectivity index (χ2n) is 9.10. The fourth-order valence-electron chi connectivity index (χ4n) is 5.16. The number of hydrogen-bond donors (Lipinski definition) is 0. The third kappa shape index (κ3) is 3.69. The van der Waals surface area contributed by atoms with E-state index in [1.165, 1.54) is 6.42 Å². The van der Waals surface area contributed by atoms with Gasteiger partial charge in [0, 0.05) is 36.2 Å². The number of rotatable bonds is 4. The van der Waals surface area contributed by atoms with Gasteiger partial charge in [-0.15, -0.1) is 10.2 Å². The van der Waals surface area contributed by atoms with Gasteiger partial charge in [-0.25, -0.2) is 4.68 Å². The largest absolute Gasteiger partial charge is 0.488 e. The maximum Gasteiger partial charge on any atom is 0.268 e. The van der Waals surface area contributed by atoms with Crippen LogP contribution in [0.25, 0.3) is 28.5 Å². The van der Waals surface area contributed by atoms with Gasteiger partial charge in [-0.2, -0.15) is 5.10 Å². The first-order chi connectivity index (χ1) is 17.1. The number of nitrogens with zero attached hydrogens (tertiary/aromatic N) is 5. The van der Waals surface area contributed by atoms with E-state index in [0.717, 1.165) is 54.1 Å². The first-order valence-electron chi connectivity index (χ1n) is 12.2. The van der Waals surface area contributed by atoms with E-state index in [2.05, 4.69) is 17.1 Å². The second kappa shape index (κ2) is 8.69. The molecule has 35 heavy (non-hydrogen) atoms. The molecule has 1 saturated heterocycles. The summed E-state index contributed by atoms with van der Waals surface area (Å²) < 4.78 is 13.6. The third-order valence-corrected chi connectivity index (χ3v) is 6.94. The second-order valence-corrected chi connectivity index (χ2v) is 9.10. The van der Waals surface area contributed by atoms with Crippen LogP contribution in [0.2, 0.25) is 0 Å². The molecule has 0 bridgehead atoms. The smallest absolute Gasteiger partial charge is 0.268 e. The van der Waals surface area contributed by atoms with Gasteiger partial charge in [-0.05, 0) is 62.1 Å². The lowest BCUT2D eigenvalue weighted by atomic mass is 9.99. The summed E-state index contributed by atoms with van der Waals surface area (Å²) in [4.78, 5) is 15.3. The molecule has 2 aliphatic rings. The predicted molar refractivity (Wildman–Crippen MR) is 130 cm³/mol. The number of piperidine rings is 1.